The molecule has 5 heteroatoms. The SMILES string of the molecule is Cc1cc(NC(=O)c2ccc(Cl)cn2)ccc1F. The monoisotopic (exact) mass is 264 g/mol. The molecule has 1 N–H and O–H groups in total. The molecular formula is C13H10ClFN2O. The van der Waals surface area contributed by atoms with Gasteiger partial charge in [-0.05, 0) is 42.8 Å². The number of hydrogen-bond acceptors (Lipinski definition) is 2. The van der Waals surface area contributed by atoms with Crippen LogP contribution in [0, 0.1) is 12.7 Å². The van der Waals surface area contributed by atoms with Crippen molar-refractivity contribution in [2.45, 2.75) is 6.92 Å². The predicted octanol–water partition coefficient (Wildman–Crippen LogP) is 3.43. The van der Waals surface area contributed by atoms with Crippen LogP contribution in [0.3, 0.4) is 0 Å². The molecule has 0 spiro atoms. The van der Waals surface area contributed by atoms with Crippen LogP contribution in [0.2, 0.25) is 5.02 Å². The number of nitrogens with zero attached hydrogens (tertiary/aromatic N) is 1. The summed E-state index contributed by atoms with van der Waals surface area (Å²) in [5.41, 5.74) is 1.24. The van der Waals surface area contributed by atoms with Gasteiger partial charge in [0.2, 0.25) is 0 Å². The molecule has 0 fully saturated rings. The van der Waals surface area contributed by atoms with E-state index in [1.807, 2.05) is 0 Å². The Morgan fingerprint density at radius 2 is 2.11 bits per heavy atom. The minimum absolute atomic E-state index is 0.251. The lowest BCUT2D eigenvalue weighted by Gasteiger charge is -2.06. The van der Waals surface area contributed by atoms with Crippen molar-refractivity contribution in [2.24, 2.45) is 0 Å². The second-order valence-corrected chi connectivity index (χ2v) is 4.22. The quantitative estimate of drug-likeness (QED) is 0.903. The lowest BCUT2D eigenvalue weighted by molar-refractivity contribution is 0.102. The zero-order valence-corrected chi connectivity index (χ0v) is 10.3. The average Bonchev–Trinajstić information content (AvgIpc) is 2.34. The van der Waals surface area contributed by atoms with Gasteiger partial charge in [0.1, 0.15) is 11.5 Å². The van der Waals surface area contributed by atoms with E-state index >= 15 is 0 Å². The van der Waals surface area contributed by atoms with Gasteiger partial charge in [0.15, 0.2) is 0 Å². The summed E-state index contributed by atoms with van der Waals surface area (Å²) in [5.74, 6) is -0.671. The van der Waals surface area contributed by atoms with Crippen molar-refractivity contribution in [1.82, 2.24) is 4.98 Å². The van der Waals surface area contributed by atoms with Crippen LogP contribution in [0.15, 0.2) is 36.5 Å². The Balaban J connectivity index is 2.16. The summed E-state index contributed by atoms with van der Waals surface area (Å²) in [6.45, 7) is 1.63. The number of amides is 1. The molecule has 0 saturated carbocycles. The molecule has 1 aromatic heterocycles. The fourth-order valence-electron chi connectivity index (χ4n) is 1.43. The molecule has 2 rings (SSSR count). The molecule has 92 valence electrons. The van der Waals surface area contributed by atoms with Gasteiger partial charge in [-0.1, -0.05) is 11.6 Å². The van der Waals surface area contributed by atoms with Gasteiger partial charge in [-0.25, -0.2) is 9.37 Å². The standard InChI is InChI=1S/C13H10ClFN2O/c1-8-6-10(3-4-11(8)15)17-13(18)12-5-2-9(14)7-16-12/h2-7H,1H3,(H,17,18). The number of pyridine rings is 1. The molecule has 1 aromatic carbocycles. The fourth-order valence-corrected chi connectivity index (χ4v) is 1.54. The smallest absolute Gasteiger partial charge is 0.274 e. The van der Waals surface area contributed by atoms with Crippen molar-refractivity contribution < 1.29 is 9.18 Å². The van der Waals surface area contributed by atoms with Gasteiger partial charge in [0, 0.05) is 11.9 Å². The molecule has 0 atom stereocenters. The molecule has 0 radical (unpaired) electrons. The van der Waals surface area contributed by atoms with Crippen molar-refractivity contribution in [3.63, 3.8) is 0 Å². The van der Waals surface area contributed by atoms with Crippen molar-refractivity contribution in [1.29, 1.82) is 0 Å². The molecule has 0 saturated heterocycles. The number of nitrogens with one attached hydrogen (secondary N) is 1. The lowest BCUT2D eigenvalue weighted by atomic mass is 10.2. The normalized spacial score (nSPS) is 10.2. The van der Waals surface area contributed by atoms with E-state index in [1.165, 1.54) is 24.4 Å². The van der Waals surface area contributed by atoms with Gasteiger partial charge in [0.05, 0.1) is 5.02 Å². The van der Waals surface area contributed by atoms with Gasteiger partial charge in [-0.2, -0.15) is 0 Å². The molecule has 2 aromatic rings. The molecule has 0 bridgehead atoms. The Morgan fingerprint density at radius 1 is 1.33 bits per heavy atom. The van der Waals surface area contributed by atoms with E-state index in [-0.39, 0.29) is 17.4 Å². The van der Waals surface area contributed by atoms with Crippen molar-refractivity contribution >= 4 is 23.2 Å². The summed E-state index contributed by atoms with van der Waals surface area (Å²) in [6.07, 6.45) is 1.40. The van der Waals surface area contributed by atoms with Gasteiger partial charge >= 0.3 is 0 Å². The maximum Gasteiger partial charge on any atom is 0.274 e. The maximum atomic E-state index is 13.1. The summed E-state index contributed by atoms with van der Waals surface area (Å²) in [6, 6.07) is 7.47. The Labute approximate surface area is 109 Å². The number of aromatic nitrogens is 1. The van der Waals surface area contributed by atoms with E-state index in [0.29, 0.717) is 16.3 Å². The predicted molar refractivity (Wildman–Crippen MR) is 68.3 cm³/mol. The molecule has 3 nitrogen and oxygen atoms in total. The third kappa shape index (κ3) is 2.84. The fraction of sp³-hybridized carbons (Fsp3) is 0.0769. The van der Waals surface area contributed by atoms with E-state index in [0.717, 1.165) is 0 Å². The number of hydrogen-bond donors (Lipinski definition) is 1. The van der Waals surface area contributed by atoms with E-state index < -0.39 is 0 Å². The minimum Gasteiger partial charge on any atom is -0.321 e. The number of aryl methyl sites for hydroxylation is 1. The van der Waals surface area contributed by atoms with Crippen LogP contribution < -0.4 is 5.32 Å². The van der Waals surface area contributed by atoms with E-state index in [2.05, 4.69) is 10.3 Å². The maximum absolute atomic E-state index is 13.1. The zero-order chi connectivity index (χ0) is 13.1. The molecular weight excluding hydrogens is 255 g/mol. The van der Waals surface area contributed by atoms with Crippen LogP contribution in [-0.4, -0.2) is 10.9 Å². The third-order valence-corrected chi connectivity index (χ3v) is 2.60. The van der Waals surface area contributed by atoms with Gasteiger partial charge in [-0.3, -0.25) is 4.79 Å². The van der Waals surface area contributed by atoms with Crippen molar-refractivity contribution in [2.75, 3.05) is 5.32 Å². The number of anilines is 1. The van der Waals surface area contributed by atoms with E-state index in [1.54, 1.807) is 19.1 Å². The first-order valence-electron chi connectivity index (χ1n) is 5.25. The van der Waals surface area contributed by atoms with Crippen LogP contribution in [0.4, 0.5) is 10.1 Å². The third-order valence-electron chi connectivity index (χ3n) is 2.38. The Hall–Kier alpha value is -1.94. The Morgan fingerprint density at radius 3 is 2.72 bits per heavy atom. The van der Waals surface area contributed by atoms with Crippen LogP contribution in [0.5, 0.6) is 0 Å². The number of benzene rings is 1. The highest BCUT2D eigenvalue weighted by atomic mass is 35.5. The van der Waals surface area contributed by atoms with Crippen LogP contribution in [0.1, 0.15) is 16.1 Å². The topological polar surface area (TPSA) is 42.0 Å². The van der Waals surface area contributed by atoms with Crippen LogP contribution >= 0.6 is 11.6 Å². The highest BCUT2D eigenvalue weighted by molar-refractivity contribution is 6.30. The molecule has 1 heterocycles. The molecule has 0 aliphatic carbocycles. The van der Waals surface area contributed by atoms with Crippen molar-refractivity contribution in [3.05, 3.63) is 58.6 Å². The summed E-state index contributed by atoms with van der Waals surface area (Å²) in [7, 11) is 0. The highest BCUT2D eigenvalue weighted by Crippen LogP contribution is 2.14. The first-order valence-corrected chi connectivity index (χ1v) is 5.63. The zero-order valence-electron chi connectivity index (χ0n) is 9.58. The first-order chi connectivity index (χ1) is 8.56. The summed E-state index contributed by atoms with van der Waals surface area (Å²) in [4.78, 5) is 15.7. The Bertz CT molecular complexity index is 584. The molecule has 1 amide bonds. The van der Waals surface area contributed by atoms with Crippen LogP contribution in [-0.2, 0) is 0 Å². The molecule has 0 aliphatic rings. The van der Waals surface area contributed by atoms with E-state index in [9.17, 15) is 9.18 Å². The summed E-state index contributed by atoms with van der Waals surface area (Å²) in [5, 5.41) is 3.10. The van der Waals surface area contributed by atoms with E-state index in [4.69, 9.17) is 11.6 Å². The lowest BCUT2D eigenvalue weighted by Crippen LogP contribution is -2.13. The van der Waals surface area contributed by atoms with Gasteiger partial charge in [-0.15, -0.1) is 0 Å². The second-order valence-electron chi connectivity index (χ2n) is 3.78. The number of carbonyl (C=O) groups excluding carboxylic acids is 1. The van der Waals surface area contributed by atoms with Crippen molar-refractivity contribution in [3.8, 4) is 0 Å². The van der Waals surface area contributed by atoms with Crippen LogP contribution in [0.25, 0.3) is 0 Å². The second kappa shape index (κ2) is 5.14. The molecule has 0 aliphatic heterocycles. The summed E-state index contributed by atoms with van der Waals surface area (Å²) < 4.78 is 13.1. The van der Waals surface area contributed by atoms with Gasteiger partial charge in [0.25, 0.3) is 5.91 Å². The Kier molecular flexibility index (Phi) is 3.58. The number of carbonyl (C=O) groups is 1. The highest BCUT2D eigenvalue weighted by Gasteiger charge is 2.08. The number of halogens is 2. The number of rotatable bonds is 2. The summed E-state index contributed by atoms with van der Waals surface area (Å²) >= 11 is 5.68. The minimum atomic E-state index is -0.363. The van der Waals surface area contributed by atoms with Gasteiger partial charge < -0.3 is 5.32 Å². The first kappa shape index (κ1) is 12.5. The molecule has 18 heavy (non-hydrogen) atoms. The average molecular weight is 265 g/mol. The largest absolute Gasteiger partial charge is 0.321 e. The molecule has 0 unspecified atom stereocenters.